The van der Waals surface area contributed by atoms with Crippen molar-refractivity contribution in [2.75, 3.05) is 13.3 Å². The van der Waals surface area contributed by atoms with Crippen molar-refractivity contribution in [2.24, 2.45) is 16.8 Å². The van der Waals surface area contributed by atoms with E-state index in [0.29, 0.717) is 18.3 Å². The Morgan fingerprint density at radius 3 is 2.58 bits per heavy atom. The van der Waals surface area contributed by atoms with Crippen molar-refractivity contribution in [1.82, 2.24) is 4.90 Å². The molecule has 4 rings (SSSR count). The molecule has 1 aromatic rings. The second kappa shape index (κ2) is 6.01. The van der Waals surface area contributed by atoms with Crippen LogP contribution < -0.4 is 4.74 Å². The van der Waals surface area contributed by atoms with Crippen molar-refractivity contribution in [3.8, 4) is 5.75 Å². The predicted molar refractivity (Wildman–Crippen MR) is 107 cm³/mol. The lowest BCUT2D eigenvalue weighted by Crippen LogP contribution is -2.54. The molecule has 3 atom stereocenters. The van der Waals surface area contributed by atoms with Crippen molar-refractivity contribution in [3.63, 3.8) is 0 Å². The van der Waals surface area contributed by atoms with Crippen LogP contribution in [0.4, 0.5) is 0 Å². The standard InChI is InChI=1S/C21H28N2O2S/c1-13-6-7-17-16(9-13)21(18(24)23(4)19(22-21)26-5)12-20(25-17)10-14(2)8-15(3)11-20/h6-7,9,14-15H,8,10-12H2,1-5H3. The Morgan fingerprint density at radius 2 is 1.96 bits per heavy atom. The number of thioether (sulfide) groups is 1. The molecule has 2 aliphatic heterocycles. The topological polar surface area (TPSA) is 41.9 Å². The summed E-state index contributed by atoms with van der Waals surface area (Å²) in [6.07, 6.45) is 5.85. The maximum atomic E-state index is 13.5. The Balaban J connectivity index is 1.89. The monoisotopic (exact) mass is 372 g/mol. The molecule has 1 aromatic carbocycles. The predicted octanol–water partition coefficient (Wildman–Crippen LogP) is 4.36. The maximum absolute atomic E-state index is 13.5. The summed E-state index contributed by atoms with van der Waals surface area (Å²) in [5.41, 5.74) is 0.947. The highest BCUT2D eigenvalue weighted by Gasteiger charge is 2.59. The van der Waals surface area contributed by atoms with Crippen molar-refractivity contribution in [3.05, 3.63) is 29.3 Å². The molecular weight excluding hydrogens is 344 g/mol. The van der Waals surface area contributed by atoms with Crippen LogP contribution in [-0.4, -0.2) is 34.9 Å². The second-order valence-electron chi connectivity index (χ2n) is 8.64. The van der Waals surface area contributed by atoms with Crippen molar-refractivity contribution < 1.29 is 9.53 Å². The quantitative estimate of drug-likeness (QED) is 0.679. The molecule has 3 unspecified atom stereocenters. The van der Waals surface area contributed by atoms with Gasteiger partial charge in [-0.3, -0.25) is 9.69 Å². The first-order chi connectivity index (χ1) is 12.3. The molecule has 1 saturated carbocycles. The van der Waals surface area contributed by atoms with Gasteiger partial charge in [0.25, 0.3) is 5.91 Å². The van der Waals surface area contributed by atoms with Crippen LogP contribution in [0, 0.1) is 18.8 Å². The number of amidine groups is 1. The van der Waals surface area contributed by atoms with Gasteiger partial charge in [-0.15, -0.1) is 0 Å². The third kappa shape index (κ3) is 2.58. The van der Waals surface area contributed by atoms with Gasteiger partial charge in [0.2, 0.25) is 0 Å². The number of aryl methyl sites for hydroxylation is 1. The minimum atomic E-state index is -0.830. The lowest BCUT2D eigenvalue weighted by atomic mass is 9.66. The van der Waals surface area contributed by atoms with Crippen LogP contribution in [0.5, 0.6) is 5.75 Å². The molecular formula is C21H28N2O2S. The highest BCUT2D eigenvalue weighted by molar-refractivity contribution is 8.13. The van der Waals surface area contributed by atoms with Gasteiger partial charge in [0.05, 0.1) is 0 Å². The number of aliphatic imine (C=N–C) groups is 1. The average molecular weight is 373 g/mol. The molecule has 0 N–H and O–H groups in total. The summed E-state index contributed by atoms with van der Waals surface area (Å²) in [6.45, 7) is 6.67. The van der Waals surface area contributed by atoms with Crippen LogP contribution in [0.2, 0.25) is 0 Å². The molecule has 1 amide bonds. The molecule has 2 spiro atoms. The van der Waals surface area contributed by atoms with E-state index in [1.807, 2.05) is 19.4 Å². The molecule has 3 aliphatic rings. The molecule has 1 aliphatic carbocycles. The van der Waals surface area contributed by atoms with E-state index in [0.717, 1.165) is 34.9 Å². The molecule has 0 saturated heterocycles. The number of rotatable bonds is 0. The van der Waals surface area contributed by atoms with Crippen molar-refractivity contribution in [1.29, 1.82) is 0 Å². The van der Waals surface area contributed by atoms with E-state index < -0.39 is 5.54 Å². The Morgan fingerprint density at radius 1 is 1.27 bits per heavy atom. The number of likely N-dealkylation sites (N-methyl/N-ethyl adjacent to an activating group) is 1. The van der Waals surface area contributed by atoms with Gasteiger partial charge >= 0.3 is 0 Å². The van der Waals surface area contributed by atoms with Gasteiger partial charge in [-0.2, -0.15) is 0 Å². The Kier molecular flexibility index (Phi) is 4.14. The Labute approximate surface area is 160 Å². The molecule has 26 heavy (non-hydrogen) atoms. The van der Waals surface area contributed by atoms with Gasteiger partial charge in [-0.1, -0.05) is 37.2 Å². The minimum Gasteiger partial charge on any atom is -0.487 e. The van der Waals surface area contributed by atoms with E-state index in [2.05, 4.69) is 32.9 Å². The van der Waals surface area contributed by atoms with Gasteiger partial charge in [-0.05, 0) is 56.4 Å². The van der Waals surface area contributed by atoms with Crippen LogP contribution in [0.3, 0.4) is 0 Å². The van der Waals surface area contributed by atoms with Crippen LogP contribution in [-0.2, 0) is 10.3 Å². The molecule has 0 aromatic heterocycles. The summed E-state index contributed by atoms with van der Waals surface area (Å²) < 4.78 is 6.65. The van der Waals surface area contributed by atoms with Gasteiger partial charge in [0, 0.05) is 19.0 Å². The van der Waals surface area contributed by atoms with E-state index in [-0.39, 0.29) is 11.5 Å². The smallest absolute Gasteiger partial charge is 0.261 e. The Hall–Kier alpha value is -1.49. The van der Waals surface area contributed by atoms with Crippen LogP contribution >= 0.6 is 11.8 Å². The highest BCUT2D eigenvalue weighted by Crippen LogP contribution is 2.55. The summed E-state index contributed by atoms with van der Waals surface area (Å²) in [4.78, 5) is 20.2. The van der Waals surface area contributed by atoms with E-state index in [9.17, 15) is 4.79 Å². The molecule has 0 bridgehead atoms. The zero-order valence-corrected chi connectivity index (χ0v) is 17.2. The van der Waals surface area contributed by atoms with E-state index in [4.69, 9.17) is 9.73 Å². The van der Waals surface area contributed by atoms with Gasteiger partial charge in [-0.25, -0.2) is 4.99 Å². The fourth-order valence-electron chi connectivity index (χ4n) is 5.45. The third-order valence-electron chi connectivity index (χ3n) is 6.15. The zero-order valence-electron chi connectivity index (χ0n) is 16.3. The minimum absolute atomic E-state index is 0.0854. The first kappa shape index (κ1) is 17.9. The number of benzene rings is 1. The van der Waals surface area contributed by atoms with E-state index in [1.54, 1.807) is 16.7 Å². The summed E-state index contributed by atoms with van der Waals surface area (Å²) in [7, 11) is 1.84. The van der Waals surface area contributed by atoms with Crippen molar-refractivity contribution >= 4 is 22.8 Å². The number of nitrogens with zero attached hydrogens (tertiary/aromatic N) is 2. The number of ether oxygens (including phenoxy) is 1. The van der Waals surface area contributed by atoms with Gasteiger partial charge in [0.1, 0.15) is 11.4 Å². The molecule has 140 valence electrons. The first-order valence-corrected chi connectivity index (χ1v) is 10.7. The molecule has 0 radical (unpaired) electrons. The lowest BCUT2D eigenvalue weighted by molar-refractivity contribution is -0.136. The lowest BCUT2D eigenvalue weighted by Gasteiger charge is -2.49. The number of hydrogen-bond donors (Lipinski definition) is 0. The maximum Gasteiger partial charge on any atom is 0.261 e. The summed E-state index contributed by atoms with van der Waals surface area (Å²) in [5, 5.41) is 0.802. The van der Waals surface area contributed by atoms with Crippen LogP contribution in [0.25, 0.3) is 0 Å². The summed E-state index contributed by atoms with van der Waals surface area (Å²) in [6, 6.07) is 6.21. The summed E-state index contributed by atoms with van der Waals surface area (Å²) >= 11 is 1.54. The number of carbonyl (C=O) groups excluding carboxylic acids is 1. The Bertz CT molecular complexity index is 780. The van der Waals surface area contributed by atoms with Gasteiger partial charge < -0.3 is 4.74 Å². The van der Waals surface area contributed by atoms with Crippen LogP contribution in [0.1, 0.15) is 50.7 Å². The molecule has 4 nitrogen and oxygen atoms in total. The van der Waals surface area contributed by atoms with E-state index >= 15 is 0 Å². The zero-order chi connectivity index (χ0) is 18.7. The second-order valence-corrected chi connectivity index (χ2v) is 9.41. The molecule has 2 heterocycles. The fourth-order valence-corrected chi connectivity index (χ4v) is 6.05. The van der Waals surface area contributed by atoms with Crippen molar-refractivity contribution in [2.45, 2.75) is 57.6 Å². The van der Waals surface area contributed by atoms with E-state index in [1.165, 1.54) is 6.42 Å². The number of amides is 1. The summed E-state index contributed by atoms with van der Waals surface area (Å²) in [5.74, 6) is 2.13. The largest absolute Gasteiger partial charge is 0.487 e. The van der Waals surface area contributed by atoms with Crippen LogP contribution in [0.15, 0.2) is 23.2 Å². The number of fused-ring (bicyclic) bond motifs is 2. The van der Waals surface area contributed by atoms with Gasteiger partial charge in [0.15, 0.2) is 10.7 Å². The molecule has 5 heteroatoms. The fraction of sp³-hybridized carbons (Fsp3) is 0.619. The average Bonchev–Trinajstić information content (AvgIpc) is 2.80. The third-order valence-corrected chi connectivity index (χ3v) is 6.88. The SMILES string of the molecule is CSC1=NC2(CC3(CC(C)CC(C)C3)Oc3ccc(C)cc32)C(=O)N1C. The highest BCUT2D eigenvalue weighted by atomic mass is 32.2. The molecule has 1 fully saturated rings. The first-order valence-electron chi connectivity index (χ1n) is 9.51. The number of carbonyl (C=O) groups is 1. The number of hydrogen-bond acceptors (Lipinski definition) is 4. The normalized spacial score (nSPS) is 36.3.